The van der Waals surface area contributed by atoms with Gasteiger partial charge in [-0.3, -0.25) is 14.4 Å². The van der Waals surface area contributed by atoms with Crippen LogP contribution < -0.4 is 16.0 Å². The van der Waals surface area contributed by atoms with E-state index in [-0.39, 0.29) is 30.5 Å². The molecule has 0 bridgehead atoms. The predicted octanol–water partition coefficient (Wildman–Crippen LogP) is 3.95. The highest BCUT2D eigenvalue weighted by molar-refractivity contribution is 6.06. The molecule has 2 spiro atoms. The lowest BCUT2D eigenvalue weighted by molar-refractivity contribution is -0.153. The number of hydrogen-bond acceptors (Lipinski definition) is 5. The minimum atomic E-state index is -1.15. The van der Waals surface area contributed by atoms with Crippen molar-refractivity contribution in [2.75, 3.05) is 23.7 Å². The maximum atomic E-state index is 14.3. The Morgan fingerprint density at radius 2 is 1.76 bits per heavy atom. The van der Waals surface area contributed by atoms with Crippen molar-refractivity contribution < 1.29 is 23.2 Å². The number of rotatable bonds is 4. The van der Waals surface area contributed by atoms with Crippen LogP contribution in [-0.4, -0.2) is 46.2 Å². The summed E-state index contributed by atoms with van der Waals surface area (Å²) < 4.78 is 28.6. The summed E-state index contributed by atoms with van der Waals surface area (Å²) in [4.78, 5) is 46.3. The number of nitrogens with one attached hydrogen (secondary N) is 3. The first-order chi connectivity index (χ1) is 20.1. The largest absolute Gasteiger partial charge is 0.325 e. The molecule has 3 amide bonds. The van der Waals surface area contributed by atoms with E-state index in [0.29, 0.717) is 37.2 Å². The van der Waals surface area contributed by atoms with Crippen LogP contribution in [0.5, 0.6) is 0 Å². The number of carbonyl (C=O) groups is 3. The number of amides is 3. The predicted molar refractivity (Wildman–Crippen MR) is 152 cm³/mol. The number of anilines is 2. The number of nitrogens with zero attached hydrogens (tertiary/aromatic N) is 2. The van der Waals surface area contributed by atoms with Crippen LogP contribution >= 0.6 is 0 Å². The lowest BCUT2D eigenvalue weighted by Gasteiger charge is -2.51. The van der Waals surface area contributed by atoms with Crippen molar-refractivity contribution in [1.29, 1.82) is 0 Å². The number of hydrogen-bond donors (Lipinski definition) is 3. The monoisotopic (exact) mass is 571 g/mol. The third-order valence-electron chi connectivity index (χ3n) is 9.73. The van der Waals surface area contributed by atoms with E-state index in [9.17, 15) is 23.2 Å². The Labute approximate surface area is 241 Å². The molecule has 3 N–H and O–H groups in total. The van der Waals surface area contributed by atoms with E-state index in [1.54, 1.807) is 19.2 Å². The summed E-state index contributed by atoms with van der Waals surface area (Å²) in [5.74, 6) is -1.62. The lowest BCUT2D eigenvalue weighted by Crippen LogP contribution is -2.71. The van der Waals surface area contributed by atoms with Gasteiger partial charge in [0.25, 0.3) is 0 Å². The van der Waals surface area contributed by atoms with Gasteiger partial charge in [-0.15, -0.1) is 0 Å². The van der Waals surface area contributed by atoms with Crippen LogP contribution in [0.15, 0.2) is 54.7 Å². The van der Waals surface area contributed by atoms with Gasteiger partial charge < -0.3 is 20.9 Å². The van der Waals surface area contributed by atoms with E-state index in [1.165, 1.54) is 17.0 Å². The summed E-state index contributed by atoms with van der Waals surface area (Å²) >= 11 is 0. The first-order valence-corrected chi connectivity index (χ1v) is 14.3. The molecule has 4 aliphatic rings. The van der Waals surface area contributed by atoms with Crippen LogP contribution in [0.2, 0.25) is 0 Å². The SMILES string of the molecule is CC1(c2cc(F)cc(F)c2)CNC2(CCCC2)C(=O)N1CC(=O)Nc1ccc2c(c1)CC1(C2)C(=O)Nc2ncccc21. The van der Waals surface area contributed by atoms with E-state index >= 15 is 0 Å². The van der Waals surface area contributed by atoms with Crippen molar-refractivity contribution >= 4 is 29.2 Å². The first kappa shape index (κ1) is 26.7. The smallest absolute Gasteiger partial charge is 0.244 e. The third-order valence-corrected chi connectivity index (χ3v) is 9.73. The molecule has 2 aliphatic heterocycles. The highest BCUT2D eigenvalue weighted by Crippen LogP contribution is 2.47. The van der Waals surface area contributed by atoms with Crippen LogP contribution in [0.3, 0.4) is 0 Å². The molecule has 2 aromatic carbocycles. The first-order valence-electron chi connectivity index (χ1n) is 14.3. The Kier molecular flexibility index (Phi) is 5.99. The third kappa shape index (κ3) is 4.03. The number of benzene rings is 2. The fourth-order valence-corrected chi connectivity index (χ4v) is 7.42. The maximum Gasteiger partial charge on any atom is 0.244 e. The van der Waals surface area contributed by atoms with Crippen molar-refractivity contribution in [3.05, 3.63) is 88.6 Å². The van der Waals surface area contributed by atoms with Crippen LogP contribution in [0.1, 0.15) is 54.9 Å². The minimum Gasteiger partial charge on any atom is -0.325 e. The van der Waals surface area contributed by atoms with E-state index in [0.717, 1.165) is 35.6 Å². The second-order valence-electron chi connectivity index (χ2n) is 12.3. The number of aromatic nitrogens is 1. The maximum absolute atomic E-state index is 14.3. The Hall–Kier alpha value is -4.18. The zero-order valence-corrected chi connectivity index (χ0v) is 23.2. The summed E-state index contributed by atoms with van der Waals surface area (Å²) in [5.41, 5.74) is 1.06. The van der Waals surface area contributed by atoms with E-state index < -0.39 is 34.0 Å². The van der Waals surface area contributed by atoms with Crippen molar-refractivity contribution in [1.82, 2.24) is 15.2 Å². The van der Waals surface area contributed by atoms with Gasteiger partial charge in [0.05, 0.1) is 16.5 Å². The molecule has 42 heavy (non-hydrogen) atoms. The van der Waals surface area contributed by atoms with Gasteiger partial charge in [-0.2, -0.15) is 0 Å². The standard InChI is InChI=1S/C32H31F2N5O3/c1-30(21-12-22(33)14-23(34)13-21)18-36-32(8-2-3-9-32)29(42)39(30)17-26(40)37-24-7-6-19-15-31(16-20(19)11-24)25-5-4-10-35-27(25)38-28(31)41/h4-7,10-14,36H,2-3,8-9,15-18H2,1H3,(H,37,40)(H,35,38,41). The molecule has 2 aliphatic carbocycles. The van der Waals surface area contributed by atoms with Crippen molar-refractivity contribution in [2.45, 2.75) is 61.9 Å². The molecule has 216 valence electrons. The van der Waals surface area contributed by atoms with E-state index in [4.69, 9.17) is 0 Å². The molecule has 2 atom stereocenters. The number of pyridine rings is 1. The molecule has 2 fully saturated rings. The molecule has 1 aromatic heterocycles. The second-order valence-corrected chi connectivity index (χ2v) is 12.3. The molecule has 3 aromatic rings. The van der Waals surface area contributed by atoms with Crippen LogP contribution in [-0.2, 0) is 38.2 Å². The Bertz CT molecular complexity index is 1630. The normalized spacial score (nSPS) is 25.5. The van der Waals surface area contributed by atoms with Gasteiger partial charge >= 0.3 is 0 Å². The van der Waals surface area contributed by atoms with Crippen LogP contribution in [0.4, 0.5) is 20.3 Å². The summed E-state index contributed by atoms with van der Waals surface area (Å²) in [6, 6.07) is 12.6. The van der Waals surface area contributed by atoms with E-state index in [2.05, 4.69) is 20.9 Å². The zero-order valence-electron chi connectivity index (χ0n) is 23.2. The molecule has 10 heteroatoms. The van der Waals surface area contributed by atoms with Crippen molar-refractivity contribution in [3.8, 4) is 0 Å². The molecule has 8 nitrogen and oxygen atoms in total. The van der Waals surface area contributed by atoms with Crippen LogP contribution in [0, 0.1) is 11.6 Å². The fraction of sp³-hybridized carbons (Fsp3) is 0.375. The van der Waals surface area contributed by atoms with Gasteiger partial charge in [-0.25, -0.2) is 13.8 Å². The topological polar surface area (TPSA) is 103 Å². The summed E-state index contributed by atoms with van der Waals surface area (Å²) in [7, 11) is 0. The average molecular weight is 572 g/mol. The van der Waals surface area contributed by atoms with Gasteiger partial charge in [0, 0.05) is 30.1 Å². The van der Waals surface area contributed by atoms with Gasteiger partial charge in [-0.05, 0) is 79.6 Å². The average Bonchev–Trinajstić information content (AvgIpc) is 3.65. The van der Waals surface area contributed by atoms with Gasteiger partial charge in [0.2, 0.25) is 17.7 Å². The number of piperazine rings is 1. The lowest BCUT2D eigenvalue weighted by atomic mass is 9.79. The molecule has 2 unspecified atom stereocenters. The number of fused-ring (bicyclic) bond motifs is 3. The van der Waals surface area contributed by atoms with Gasteiger partial charge in [0.1, 0.15) is 24.0 Å². The molecule has 3 heterocycles. The van der Waals surface area contributed by atoms with Crippen LogP contribution in [0.25, 0.3) is 0 Å². The molecule has 7 rings (SSSR count). The molecule has 0 radical (unpaired) electrons. The van der Waals surface area contributed by atoms with E-state index in [1.807, 2.05) is 24.3 Å². The number of carbonyl (C=O) groups excluding carboxylic acids is 3. The Balaban J connectivity index is 1.14. The zero-order chi connectivity index (χ0) is 29.3. The second kappa shape index (κ2) is 9.42. The minimum absolute atomic E-state index is 0.0795. The Morgan fingerprint density at radius 1 is 1.02 bits per heavy atom. The molecule has 1 saturated heterocycles. The molecule has 1 saturated carbocycles. The van der Waals surface area contributed by atoms with Gasteiger partial charge in [-0.1, -0.05) is 25.0 Å². The quantitative estimate of drug-likeness (QED) is 0.440. The Morgan fingerprint density at radius 3 is 2.52 bits per heavy atom. The van der Waals surface area contributed by atoms with Crippen molar-refractivity contribution in [2.24, 2.45) is 0 Å². The fourth-order valence-electron chi connectivity index (χ4n) is 7.42. The highest BCUT2D eigenvalue weighted by Gasteiger charge is 2.54. The highest BCUT2D eigenvalue weighted by atomic mass is 19.1. The summed E-state index contributed by atoms with van der Waals surface area (Å²) in [6.45, 7) is 1.71. The summed E-state index contributed by atoms with van der Waals surface area (Å²) in [6.07, 6.45) is 5.76. The molecular weight excluding hydrogens is 540 g/mol. The number of halogens is 2. The van der Waals surface area contributed by atoms with Crippen molar-refractivity contribution in [3.63, 3.8) is 0 Å². The molecular formula is C32H31F2N5O3. The summed E-state index contributed by atoms with van der Waals surface area (Å²) in [5, 5.41) is 9.21. The van der Waals surface area contributed by atoms with Gasteiger partial charge in [0.15, 0.2) is 0 Å².